The second kappa shape index (κ2) is 20.4. The Hall–Kier alpha value is -6.15. The number of nitriles is 1. The largest absolute Gasteiger partial charge is 0.489 e. The van der Waals surface area contributed by atoms with Gasteiger partial charge in [-0.15, -0.1) is 0 Å². The first kappa shape index (κ1) is 47.3. The molecule has 6 aromatic rings. The summed E-state index contributed by atoms with van der Waals surface area (Å²) in [5.74, 6) is -0.111. The van der Waals surface area contributed by atoms with Gasteiger partial charge in [-0.25, -0.2) is 18.2 Å². The molecule has 5 aromatic carbocycles. The van der Waals surface area contributed by atoms with Gasteiger partial charge in [-0.05, 0) is 113 Å². The van der Waals surface area contributed by atoms with Crippen LogP contribution in [-0.4, -0.2) is 59.9 Å². The summed E-state index contributed by atoms with van der Waals surface area (Å²) in [5.41, 5.74) is 6.19. The highest BCUT2D eigenvalue weighted by molar-refractivity contribution is 7.91. The van der Waals surface area contributed by atoms with Crippen LogP contribution in [0.5, 0.6) is 17.2 Å². The molecule has 0 spiro atoms. The van der Waals surface area contributed by atoms with Gasteiger partial charge in [-0.3, -0.25) is 4.79 Å². The summed E-state index contributed by atoms with van der Waals surface area (Å²) in [4.78, 5) is 31.7. The first-order valence-corrected chi connectivity index (χ1v) is 24.6. The summed E-state index contributed by atoms with van der Waals surface area (Å²) < 4.78 is 49.4. The molecule has 3 heterocycles. The van der Waals surface area contributed by atoms with Crippen LogP contribution in [0.25, 0.3) is 11.1 Å². The number of aliphatic carboxylic acids is 1. The number of amides is 1. The van der Waals surface area contributed by atoms with Crippen molar-refractivity contribution in [3.63, 3.8) is 0 Å². The van der Waals surface area contributed by atoms with Gasteiger partial charge < -0.3 is 30.0 Å². The van der Waals surface area contributed by atoms with Crippen molar-refractivity contribution in [2.24, 2.45) is 5.92 Å². The summed E-state index contributed by atoms with van der Waals surface area (Å²) in [6.45, 7) is 6.69. The van der Waals surface area contributed by atoms with Crippen LogP contribution in [0, 0.1) is 24.2 Å². The number of ether oxygens (including phenoxy) is 3. The van der Waals surface area contributed by atoms with Crippen molar-refractivity contribution in [1.29, 1.82) is 5.26 Å². The highest BCUT2D eigenvalue weighted by atomic mass is 35.5. The van der Waals surface area contributed by atoms with Crippen molar-refractivity contribution >= 4 is 61.6 Å². The number of nitrogens with zero attached hydrogens (tertiary/aromatic N) is 3. The second-order valence-corrected chi connectivity index (χ2v) is 20.8. The maximum Gasteiger partial charge on any atom is 0.326 e. The van der Waals surface area contributed by atoms with Crippen LogP contribution in [0.2, 0.25) is 10.0 Å². The number of halogens is 2. The van der Waals surface area contributed by atoms with Gasteiger partial charge in [0.2, 0.25) is 5.91 Å². The van der Waals surface area contributed by atoms with Crippen molar-refractivity contribution in [3.05, 3.63) is 152 Å². The molecule has 0 aliphatic carbocycles. The quantitative estimate of drug-likeness (QED) is 0.0840. The molecule has 346 valence electrons. The lowest BCUT2D eigenvalue weighted by Crippen LogP contribution is -2.55. The van der Waals surface area contributed by atoms with Crippen LogP contribution >= 0.6 is 34.5 Å². The molecule has 67 heavy (non-hydrogen) atoms. The van der Waals surface area contributed by atoms with Crippen molar-refractivity contribution in [3.8, 4) is 34.4 Å². The lowest BCUT2D eigenvalue weighted by Gasteiger charge is -2.36. The Balaban J connectivity index is 1.03. The molecule has 3 N–H and O–H groups in total. The third kappa shape index (κ3) is 11.0. The number of hydrogen-bond acceptors (Lipinski definition) is 11. The van der Waals surface area contributed by atoms with E-state index in [0.29, 0.717) is 73.7 Å². The molecule has 0 bridgehead atoms. The lowest BCUT2D eigenvalue weighted by molar-refractivity contribution is -0.142. The molecule has 0 saturated carbocycles. The van der Waals surface area contributed by atoms with Gasteiger partial charge in [0.15, 0.2) is 26.9 Å². The molecule has 1 aromatic heterocycles. The molecule has 8 rings (SSSR count). The van der Waals surface area contributed by atoms with Crippen LogP contribution in [0.4, 0.5) is 5.13 Å². The fourth-order valence-electron chi connectivity index (χ4n) is 7.89. The van der Waals surface area contributed by atoms with Crippen LogP contribution in [0.3, 0.4) is 0 Å². The SMILES string of the molecule is Cc1nc(NCCC(C)C)sc1S(=O)(=O)N1Cc2cc3c(cc2C[C@H]1C(=O)NC(Cc1ccc(-c2ccc(C#N)cc2)cc1)C(=O)O)OC[C@H](c1ccc(OCc2ccc(Cl)c(Cl)c2)cc1)O3. The Morgan fingerprint density at radius 3 is 2.30 bits per heavy atom. The Kier molecular flexibility index (Phi) is 14.4. The molecule has 2 aliphatic heterocycles. The second-order valence-electron chi connectivity index (χ2n) is 16.9. The average Bonchev–Trinajstić information content (AvgIpc) is 3.71. The first-order valence-electron chi connectivity index (χ1n) is 21.6. The van der Waals surface area contributed by atoms with E-state index in [9.17, 15) is 23.1 Å². The third-order valence-corrected chi connectivity index (χ3v) is 15.9. The minimum atomic E-state index is -4.38. The predicted molar refractivity (Wildman–Crippen MR) is 257 cm³/mol. The van der Waals surface area contributed by atoms with Crippen LogP contribution in [0.1, 0.15) is 65.4 Å². The van der Waals surface area contributed by atoms with Gasteiger partial charge in [0.05, 0.1) is 27.4 Å². The van der Waals surface area contributed by atoms with E-state index in [1.54, 1.807) is 55.5 Å². The third-order valence-electron chi connectivity index (χ3n) is 11.6. The highest BCUT2D eigenvalue weighted by Crippen LogP contribution is 2.43. The monoisotopic (exact) mass is 979 g/mol. The number of sulfonamides is 1. The van der Waals surface area contributed by atoms with E-state index in [1.165, 1.54) is 0 Å². The number of carboxylic acids is 1. The first-order chi connectivity index (χ1) is 32.1. The molecule has 13 nitrogen and oxygen atoms in total. The van der Waals surface area contributed by atoms with Crippen LogP contribution in [0.15, 0.2) is 107 Å². The molecule has 1 amide bonds. The Labute approximate surface area is 403 Å². The van der Waals surface area contributed by atoms with E-state index in [2.05, 4.69) is 35.5 Å². The number of anilines is 1. The molecule has 2 aliphatic rings. The average molecular weight is 981 g/mol. The maximum absolute atomic E-state index is 14.8. The molecule has 1 unspecified atom stereocenters. The summed E-state index contributed by atoms with van der Waals surface area (Å²) in [6, 6.07) is 30.1. The molecule has 0 saturated heterocycles. The topological polar surface area (TPSA) is 180 Å². The summed E-state index contributed by atoms with van der Waals surface area (Å²) >= 11 is 13.2. The van der Waals surface area contributed by atoms with Gasteiger partial charge in [-0.2, -0.15) is 9.57 Å². The number of aromatic nitrogens is 1. The van der Waals surface area contributed by atoms with Crippen LogP contribution in [-0.2, 0) is 45.6 Å². The number of nitrogens with one attached hydrogen (secondary N) is 2. The summed E-state index contributed by atoms with van der Waals surface area (Å²) in [7, 11) is -4.38. The molecule has 0 radical (unpaired) electrons. The molecule has 3 atom stereocenters. The fraction of sp³-hybridized carbons (Fsp3) is 0.280. The number of aryl methyl sites for hydroxylation is 1. The minimum Gasteiger partial charge on any atom is -0.489 e. The van der Waals surface area contributed by atoms with E-state index < -0.39 is 40.1 Å². The van der Waals surface area contributed by atoms with Gasteiger partial charge in [0.25, 0.3) is 10.0 Å². The van der Waals surface area contributed by atoms with Crippen molar-refractivity contribution in [1.82, 2.24) is 14.6 Å². The van der Waals surface area contributed by atoms with E-state index in [4.69, 9.17) is 42.7 Å². The predicted octanol–water partition coefficient (Wildman–Crippen LogP) is 9.77. The standard InChI is InChI=1S/C50H47Cl2N5O8S2/c1-29(2)18-19-54-50-55-30(3)49(66-50)67(61,62)57-26-38-24-45-44(64-28-46(65-45)36-13-15-39(16-14-36)63-27-33-8-17-40(51)41(52)20-33)23-37(38)22-43(57)47(58)56-42(48(59)60)21-31-4-9-34(10-5-31)35-11-6-32(25-53)7-12-35/h4-17,20,23-24,29,42-43,46H,18-19,21-22,26-28H2,1-3H3,(H,54,55)(H,56,58)(H,59,60)/t42?,43-,46+/m0/s1. The number of rotatable bonds is 16. The highest BCUT2D eigenvalue weighted by Gasteiger charge is 2.43. The normalized spacial score (nSPS) is 16.1. The Bertz CT molecular complexity index is 2940. The van der Waals surface area contributed by atoms with E-state index >= 15 is 0 Å². The Morgan fingerprint density at radius 2 is 1.63 bits per heavy atom. The van der Waals surface area contributed by atoms with Crippen LogP contribution < -0.4 is 24.8 Å². The Morgan fingerprint density at radius 1 is 0.940 bits per heavy atom. The summed E-state index contributed by atoms with van der Waals surface area (Å²) in [5, 5.41) is 26.8. The zero-order valence-electron chi connectivity index (χ0n) is 36.8. The minimum absolute atomic E-state index is 0.0140. The smallest absolute Gasteiger partial charge is 0.326 e. The summed E-state index contributed by atoms with van der Waals surface area (Å²) in [6.07, 6.45) is 0.250. The number of carboxylic acid groups (broad SMARTS) is 1. The van der Waals surface area contributed by atoms with Gasteiger partial charge in [-0.1, -0.05) is 103 Å². The molecular weight excluding hydrogens is 934 g/mol. The fourth-order valence-corrected chi connectivity index (χ4v) is 11.3. The zero-order chi connectivity index (χ0) is 47.4. The van der Waals surface area contributed by atoms with Gasteiger partial charge >= 0.3 is 5.97 Å². The number of hydrogen-bond donors (Lipinski definition) is 3. The molecule has 17 heteroatoms. The number of fused-ring (bicyclic) bond motifs is 2. The number of benzene rings is 5. The number of carbonyl (C=O) groups is 2. The van der Waals surface area contributed by atoms with E-state index in [1.807, 2.05) is 54.6 Å². The lowest BCUT2D eigenvalue weighted by atomic mass is 9.94. The van der Waals surface area contributed by atoms with E-state index in [-0.39, 0.29) is 35.9 Å². The van der Waals surface area contributed by atoms with Crippen molar-refractivity contribution in [2.75, 3.05) is 18.5 Å². The van der Waals surface area contributed by atoms with Gasteiger partial charge in [0.1, 0.15) is 31.0 Å². The maximum atomic E-state index is 14.8. The molecule has 0 fully saturated rings. The van der Waals surface area contributed by atoms with Gasteiger partial charge in [0, 0.05) is 19.5 Å². The van der Waals surface area contributed by atoms with Crippen molar-refractivity contribution < 1.29 is 37.3 Å². The number of carbonyl (C=O) groups excluding carboxylic acids is 1. The van der Waals surface area contributed by atoms with Crippen molar-refractivity contribution in [2.45, 2.75) is 75.6 Å². The van der Waals surface area contributed by atoms with E-state index in [0.717, 1.165) is 44.3 Å². The number of thiazole rings is 1. The zero-order valence-corrected chi connectivity index (χ0v) is 39.9. The molecular formula is C50H47Cl2N5O8S2.